The van der Waals surface area contributed by atoms with Gasteiger partial charge in [-0.1, -0.05) is 41.4 Å². The lowest BCUT2D eigenvalue weighted by Crippen LogP contribution is -2.32. The molecule has 0 radical (unpaired) electrons. The van der Waals surface area contributed by atoms with Crippen molar-refractivity contribution in [3.63, 3.8) is 0 Å². The molecule has 0 atom stereocenters. The van der Waals surface area contributed by atoms with E-state index in [1.165, 1.54) is 24.3 Å². The van der Waals surface area contributed by atoms with Crippen molar-refractivity contribution >= 4 is 52.0 Å². The molecule has 1 N–H and O–H groups in total. The minimum Gasteiger partial charge on any atom is -0.350 e. The molecule has 0 saturated heterocycles. The molecule has 0 unspecified atom stereocenters. The van der Waals surface area contributed by atoms with Gasteiger partial charge < -0.3 is 5.32 Å². The number of hydrogen-bond donors (Lipinski definition) is 1. The zero-order chi connectivity index (χ0) is 21.4. The van der Waals surface area contributed by atoms with E-state index in [2.05, 4.69) is 5.32 Å². The van der Waals surface area contributed by atoms with Gasteiger partial charge in [-0.2, -0.15) is 0 Å². The summed E-state index contributed by atoms with van der Waals surface area (Å²) < 4.78 is 13.3. The van der Waals surface area contributed by atoms with Crippen LogP contribution in [0.15, 0.2) is 72.4 Å². The molecule has 4 nitrogen and oxygen atoms in total. The third-order valence-electron chi connectivity index (χ3n) is 4.74. The van der Waals surface area contributed by atoms with Crippen LogP contribution in [0.1, 0.15) is 11.1 Å². The van der Waals surface area contributed by atoms with Crippen LogP contribution in [0.2, 0.25) is 10.0 Å². The molecule has 150 valence electrons. The van der Waals surface area contributed by atoms with Crippen molar-refractivity contribution < 1.29 is 14.0 Å². The number of carbonyl (C=O) groups excluding carboxylic acids is 2. The zero-order valence-electron chi connectivity index (χ0n) is 15.7. The fraction of sp³-hybridized carbons (Fsp3) is 0.0435. The van der Waals surface area contributed by atoms with Gasteiger partial charge in [-0.3, -0.25) is 9.59 Å². The molecular formula is C23H15Cl2FN2O2. The molecule has 4 rings (SSSR count). The van der Waals surface area contributed by atoms with E-state index in [0.717, 1.165) is 10.5 Å². The van der Waals surface area contributed by atoms with E-state index in [9.17, 15) is 14.0 Å². The van der Waals surface area contributed by atoms with Crippen LogP contribution in [0.3, 0.4) is 0 Å². The normalized spacial score (nSPS) is 13.9. The Morgan fingerprint density at radius 1 is 0.867 bits per heavy atom. The standard InChI is InChI=1S/C23H15Cl2FN2O2/c1-13-2-11-18(12-19(13)25)28-22(29)20(14-3-5-15(24)6-4-14)21(23(28)30)27-17-9-7-16(26)8-10-17/h2-12,27H,1H3. The first-order valence-electron chi connectivity index (χ1n) is 9.03. The molecule has 7 heteroatoms. The molecule has 0 spiro atoms. The zero-order valence-corrected chi connectivity index (χ0v) is 17.3. The van der Waals surface area contributed by atoms with Crippen molar-refractivity contribution in [2.24, 2.45) is 0 Å². The van der Waals surface area contributed by atoms with Crippen LogP contribution in [0.5, 0.6) is 0 Å². The highest BCUT2D eigenvalue weighted by Crippen LogP contribution is 2.35. The minimum absolute atomic E-state index is 0.0885. The van der Waals surface area contributed by atoms with Crippen LogP contribution in [0.4, 0.5) is 15.8 Å². The lowest BCUT2D eigenvalue weighted by molar-refractivity contribution is -0.120. The third kappa shape index (κ3) is 3.70. The van der Waals surface area contributed by atoms with Crippen molar-refractivity contribution in [2.75, 3.05) is 10.2 Å². The molecule has 1 heterocycles. The molecule has 2 amide bonds. The van der Waals surface area contributed by atoms with Gasteiger partial charge in [0.1, 0.15) is 11.5 Å². The Labute approximate surface area is 182 Å². The van der Waals surface area contributed by atoms with Crippen LogP contribution >= 0.6 is 23.2 Å². The highest BCUT2D eigenvalue weighted by atomic mass is 35.5. The van der Waals surface area contributed by atoms with Crippen molar-refractivity contribution in [1.82, 2.24) is 0 Å². The van der Waals surface area contributed by atoms with Crippen LogP contribution in [-0.4, -0.2) is 11.8 Å². The number of anilines is 2. The number of amides is 2. The van der Waals surface area contributed by atoms with Gasteiger partial charge in [0, 0.05) is 15.7 Å². The summed E-state index contributed by atoms with van der Waals surface area (Å²) in [6.07, 6.45) is 0. The van der Waals surface area contributed by atoms with Crippen LogP contribution in [-0.2, 0) is 9.59 Å². The maximum absolute atomic E-state index is 13.3. The van der Waals surface area contributed by atoms with E-state index in [-0.39, 0.29) is 11.3 Å². The smallest absolute Gasteiger partial charge is 0.282 e. The van der Waals surface area contributed by atoms with Crippen molar-refractivity contribution in [1.29, 1.82) is 0 Å². The molecule has 1 aliphatic heterocycles. The number of benzene rings is 3. The molecule has 0 bridgehead atoms. The Kier molecular flexibility index (Phi) is 5.33. The monoisotopic (exact) mass is 440 g/mol. The summed E-state index contributed by atoms with van der Waals surface area (Å²) in [5.41, 5.74) is 2.48. The Morgan fingerprint density at radius 2 is 1.53 bits per heavy atom. The summed E-state index contributed by atoms with van der Waals surface area (Å²) in [6, 6.07) is 17.1. The van der Waals surface area contributed by atoms with E-state index in [4.69, 9.17) is 23.2 Å². The topological polar surface area (TPSA) is 49.4 Å². The molecule has 3 aromatic carbocycles. The number of hydrogen-bond acceptors (Lipinski definition) is 3. The predicted molar refractivity (Wildman–Crippen MR) is 117 cm³/mol. The molecule has 3 aromatic rings. The first kappa shape index (κ1) is 20.1. The number of rotatable bonds is 4. The van der Waals surface area contributed by atoms with Crippen LogP contribution in [0.25, 0.3) is 5.57 Å². The summed E-state index contributed by atoms with van der Waals surface area (Å²) >= 11 is 12.2. The molecule has 0 saturated carbocycles. The number of nitrogens with one attached hydrogen (secondary N) is 1. The van der Waals surface area contributed by atoms with Gasteiger partial charge in [0.05, 0.1) is 11.3 Å². The largest absolute Gasteiger partial charge is 0.350 e. The summed E-state index contributed by atoms with van der Waals surface area (Å²) in [5.74, 6) is -1.43. The number of carbonyl (C=O) groups is 2. The van der Waals surface area contributed by atoms with Crippen LogP contribution in [0, 0.1) is 12.7 Å². The number of halogens is 3. The van der Waals surface area contributed by atoms with E-state index in [1.54, 1.807) is 42.5 Å². The second-order valence-electron chi connectivity index (χ2n) is 6.77. The lowest BCUT2D eigenvalue weighted by atomic mass is 10.0. The summed E-state index contributed by atoms with van der Waals surface area (Å²) in [6.45, 7) is 1.83. The van der Waals surface area contributed by atoms with Gasteiger partial charge in [-0.05, 0) is 66.6 Å². The maximum atomic E-state index is 13.3. The summed E-state index contributed by atoms with van der Waals surface area (Å²) in [5, 5.41) is 3.92. The van der Waals surface area contributed by atoms with Gasteiger partial charge in [0.15, 0.2) is 0 Å². The van der Waals surface area contributed by atoms with Crippen molar-refractivity contribution in [3.8, 4) is 0 Å². The quantitative estimate of drug-likeness (QED) is 0.518. The summed E-state index contributed by atoms with van der Waals surface area (Å²) in [7, 11) is 0. The van der Waals surface area contributed by atoms with Gasteiger partial charge in [-0.25, -0.2) is 9.29 Å². The fourth-order valence-corrected chi connectivity index (χ4v) is 3.46. The second kappa shape index (κ2) is 7.94. The van der Waals surface area contributed by atoms with Gasteiger partial charge in [0.25, 0.3) is 11.8 Å². The van der Waals surface area contributed by atoms with Gasteiger partial charge in [-0.15, -0.1) is 0 Å². The SMILES string of the molecule is Cc1ccc(N2C(=O)C(Nc3ccc(F)cc3)=C(c3ccc(Cl)cc3)C2=O)cc1Cl. The minimum atomic E-state index is -0.533. The molecule has 30 heavy (non-hydrogen) atoms. The fourth-order valence-electron chi connectivity index (χ4n) is 3.16. The van der Waals surface area contributed by atoms with Crippen LogP contribution < -0.4 is 10.2 Å². The van der Waals surface area contributed by atoms with Gasteiger partial charge in [0.2, 0.25) is 0 Å². The van der Waals surface area contributed by atoms with E-state index in [0.29, 0.717) is 27.0 Å². The van der Waals surface area contributed by atoms with E-state index < -0.39 is 17.6 Å². The number of nitrogens with zero attached hydrogens (tertiary/aromatic N) is 1. The molecule has 0 fully saturated rings. The Bertz CT molecular complexity index is 1190. The number of aryl methyl sites for hydroxylation is 1. The second-order valence-corrected chi connectivity index (χ2v) is 7.61. The molecule has 1 aliphatic rings. The Hall–Kier alpha value is -3.15. The number of imide groups is 1. The first-order chi connectivity index (χ1) is 14.3. The molecule has 0 aliphatic carbocycles. The van der Waals surface area contributed by atoms with Crippen molar-refractivity contribution in [3.05, 3.63) is 99.4 Å². The summed E-state index contributed by atoms with van der Waals surface area (Å²) in [4.78, 5) is 27.7. The first-order valence-corrected chi connectivity index (χ1v) is 9.78. The van der Waals surface area contributed by atoms with Gasteiger partial charge >= 0.3 is 0 Å². The third-order valence-corrected chi connectivity index (χ3v) is 5.40. The lowest BCUT2D eigenvalue weighted by Gasteiger charge is -2.16. The van der Waals surface area contributed by atoms with E-state index in [1.807, 2.05) is 6.92 Å². The highest BCUT2D eigenvalue weighted by molar-refractivity contribution is 6.46. The average molecular weight is 441 g/mol. The van der Waals surface area contributed by atoms with Crippen molar-refractivity contribution in [2.45, 2.75) is 6.92 Å². The Morgan fingerprint density at radius 3 is 2.17 bits per heavy atom. The highest BCUT2D eigenvalue weighted by Gasteiger charge is 2.40. The molecule has 0 aromatic heterocycles. The Balaban J connectivity index is 1.82. The molecular weight excluding hydrogens is 426 g/mol. The maximum Gasteiger partial charge on any atom is 0.282 e. The van der Waals surface area contributed by atoms with E-state index >= 15 is 0 Å². The average Bonchev–Trinajstić information content (AvgIpc) is 2.96. The predicted octanol–water partition coefficient (Wildman–Crippen LogP) is 5.84.